The third-order valence-electron chi connectivity index (χ3n) is 4.06. The maximum absolute atomic E-state index is 12.3. The summed E-state index contributed by atoms with van der Waals surface area (Å²) in [4.78, 5) is 32.9. The predicted octanol–water partition coefficient (Wildman–Crippen LogP) is 1.02. The normalized spacial score (nSPS) is 19.4. The SMILES string of the molecule is Cc1ccc(C(=O)N[C@H]2COC[C@H]2NC(=O)c2ccc(C)nc2)cn1. The Balaban J connectivity index is 1.62. The van der Waals surface area contributed by atoms with Crippen LogP contribution in [0.3, 0.4) is 0 Å². The highest BCUT2D eigenvalue weighted by atomic mass is 16.5. The maximum Gasteiger partial charge on any atom is 0.253 e. The zero-order chi connectivity index (χ0) is 17.8. The van der Waals surface area contributed by atoms with Crippen LogP contribution in [0.5, 0.6) is 0 Å². The minimum atomic E-state index is -0.295. The fourth-order valence-corrected chi connectivity index (χ4v) is 2.55. The van der Waals surface area contributed by atoms with Gasteiger partial charge in [0, 0.05) is 23.8 Å². The van der Waals surface area contributed by atoms with Crippen LogP contribution >= 0.6 is 0 Å². The fourth-order valence-electron chi connectivity index (χ4n) is 2.55. The fraction of sp³-hybridized carbons (Fsp3) is 0.333. The molecule has 0 aliphatic carbocycles. The highest BCUT2D eigenvalue weighted by molar-refractivity contribution is 5.95. The van der Waals surface area contributed by atoms with E-state index >= 15 is 0 Å². The standard InChI is InChI=1S/C18H20N4O3/c1-11-3-5-13(7-19-11)17(23)21-15-9-25-10-16(15)22-18(24)14-6-4-12(2)20-8-14/h3-8,15-16H,9-10H2,1-2H3,(H,21,23)(H,22,24)/t15-,16+. The van der Waals surface area contributed by atoms with Crippen LogP contribution in [-0.2, 0) is 4.74 Å². The highest BCUT2D eigenvalue weighted by Crippen LogP contribution is 2.09. The van der Waals surface area contributed by atoms with Crippen LogP contribution in [0.15, 0.2) is 36.7 Å². The summed E-state index contributed by atoms with van der Waals surface area (Å²) in [6.07, 6.45) is 3.07. The number of aromatic nitrogens is 2. The van der Waals surface area contributed by atoms with Crippen molar-refractivity contribution in [1.82, 2.24) is 20.6 Å². The smallest absolute Gasteiger partial charge is 0.253 e. The van der Waals surface area contributed by atoms with Crippen LogP contribution in [-0.4, -0.2) is 47.1 Å². The van der Waals surface area contributed by atoms with Gasteiger partial charge in [0.15, 0.2) is 0 Å². The zero-order valence-electron chi connectivity index (χ0n) is 14.2. The molecular formula is C18H20N4O3. The van der Waals surface area contributed by atoms with Crippen molar-refractivity contribution in [3.05, 3.63) is 59.2 Å². The van der Waals surface area contributed by atoms with Crippen molar-refractivity contribution in [2.75, 3.05) is 13.2 Å². The van der Waals surface area contributed by atoms with Crippen LogP contribution in [0.2, 0.25) is 0 Å². The average molecular weight is 340 g/mol. The molecule has 2 N–H and O–H groups in total. The molecule has 25 heavy (non-hydrogen) atoms. The monoisotopic (exact) mass is 340 g/mol. The molecule has 2 aromatic heterocycles. The number of rotatable bonds is 4. The first-order chi connectivity index (χ1) is 12.0. The molecule has 3 heterocycles. The minimum absolute atomic E-state index is 0.237. The van der Waals surface area contributed by atoms with Crippen molar-refractivity contribution in [3.63, 3.8) is 0 Å². The first kappa shape index (κ1) is 17.0. The number of aryl methyl sites for hydroxylation is 2. The van der Waals surface area contributed by atoms with E-state index in [9.17, 15) is 9.59 Å². The first-order valence-electron chi connectivity index (χ1n) is 8.08. The van der Waals surface area contributed by atoms with Gasteiger partial charge < -0.3 is 15.4 Å². The second-order valence-corrected chi connectivity index (χ2v) is 6.07. The lowest BCUT2D eigenvalue weighted by Gasteiger charge is -2.20. The molecule has 2 amide bonds. The summed E-state index contributed by atoms with van der Waals surface area (Å²) >= 11 is 0. The zero-order valence-corrected chi connectivity index (χ0v) is 14.2. The molecule has 1 fully saturated rings. The molecule has 0 spiro atoms. The van der Waals surface area contributed by atoms with E-state index in [-0.39, 0.29) is 23.9 Å². The van der Waals surface area contributed by atoms with Gasteiger partial charge in [-0.3, -0.25) is 19.6 Å². The predicted molar refractivity (Wildman–Crippen MR) is 91.3 cm³/mol. The van der Waals surface area contributed by atoms with E-state index in [0.29, 0.717) is 24.3 Å². The summed E-state index contributed by atoms with van der Waals surface area (Å²) in [6.45, 7) is 4.42. The Morgan fingerprint density at radius 3 is 1.68 bits per heavy atom. The number of hydrogen-bond acceptors (Lipinski definition) is 5. The molecule has 0 aromatic carbocycles. The second kappa shape index (κ2) is 7.40. The summed E-state index contributed by atoms with van der Waals surface area (Å²) in [5.41, 5.74) is 2.64. The van der Waals surface area contributed by atoms with Gasteiger partial charge in [-0.15, -0.1) is 0 Å². The Morgan fingerprint density at radius 2 is 1.32 bits per heavy atom. The Kier molecular flexibility index (Phi) is 5.04. The van der Waals surface area contributed by atoms with Gasteiger partial charge in [0.1, 0.15) is 0 Å². The Hall–Kier alpha value is -2.80. The molecule has 0 unspecified atom stereocenters. The number of hydrogen-bond donors (Lipinski definition) is 2. The Labute approximate surface area is 145 Å². The number of pyridine rings is 2. The highest BCUT2D eigenvalue weighted by Gasteiger charge is 2.31. The second-order valence-electron chi connectivity index (χ2n) is 6.07. The van der Waals surface area contributed by atoms with E-state index in [2.05, 4.69) is 20.6 Å². The molecule has 7 nitrogen and oxygen atoms in total. The molecule has 0 saturated carbocycles. The van der Waals surface area contributed by atoms with Crippen LogP contribution in [0, 0.1) is 13.8 Å². The van der Waals surface area contributed by atoms with Crippen molar-refractivity contribution < 1.29 is 14.3 Å². The molecule has 1 aliphatic rings. The third-order valence-corrected chi connectivity index (χ3v) is 4.06. The van der Waals surface area contributed by atoms with Gasteiger partial charge in [0.05, 0.1) is 36.4 Å². The maximum atomic E-state index is 12.3. The molecule has 0 bridgehead atoms. The molecule has 2 atom stereocenters. The number of nitrogens with one attached hydrogen (secondary N) is 2. The van der Waals surface area contributed by atoms with Crippen molar-refractivity contribution in [2.45, 2.75) is 25.9 Å². The summed E-state index contributed by atoms with van der Waals surface area (Å²) in [5, 5.41) is 5.79. The summed E-state index contributed by atoms with van der Waals surface area (Å²) < 4.78 is 5.42. The van der Waals surface area contributed by atoms with Crippen LogP contribution in [0.25, 0.3) is 0 Å². The molecule has 1 saturated heterocycles. The quantitative estimate of drug-likeness (QED) is 0.867. The molecule has 130 valence electrons. The summed E-state index contributed by atoms with van der Waals surface area (Å²) in [7, 11) is 0. The molecular weight excluding hydrogens is 320 g/mol. The van der Waals surface area contributed by atoms with Crippen molar-refractivity contribution >= 4 is 11.8 Å². The van der Waals surface area contributed by atoms with Crippen molar-refractivity contribution in [1.29, 1.82) is 0 Å². The van der Waals surface area contributed by atoms with E-state index in [1.165, 1.54) is 12.4 Å². The van der Waals surface area contributed by atoms with Gasteiger partial charge in [0.25, 0.3) is 11.8 Å². The van der Waals surface area contributed by atoms with Gasteiger partial charge in [-0.2, -0.15) is 0 Å². The molecule has 2 aromatic rings. The number of ether oxygens (including phenoxy) is 1. The van der Waals surface area contributed by atoms with Gasteiger partial charge in [-0.05, 0) is 38.1 Å². The van der Waals surface area contributed by atoms with Crippen LogP contribution in [0.4, 0.5) is 0 Å². The number of carbonyl (C=O) groups is 2. The van der Waals surface area contributed by atoms with Gasteiger partial charge >= 0.3 is 0 Å². The average Bonchev–Trinajstić information content (AvgIpc) is 3.02. The lowest BCUT2D eigenvalue weighted by Crippen LogP contribution is -2.51. The van der Waals surface area contributed by atoms with Crippen LogP contribution in [0.1, 0.15) is 32.1 Å². The number of amides is 2. The summed E-state index contributed by atoms with van der Waals surface area (Å²) in [5.74, 6) is -0.474. The molecule has 7 heteroatoms. The van der Waals surface area contributed by atoms with Gasteiger partial charge in [-0.25, -0.2) is 0 Å². The van der Waals surface area contributed by atoms with E-state index in [4.69, 9.17) is 4.74 Å². The topological polar surface area (TPSA) is 93.2 Å². The number of nitrogens with zero attached hydrogens (tertiary/aromatic N) is 2. The molecule has 3 rings (SSSR count). The van der Waals surface area contributed by atoms with E-state index in [1.807, 2.05) is 13.8 Å². The van der Waals surface area contributed by atoms with E-state index in [0.717, 1.165) is 11.4 Å². The van der Waals surface area contributed by atoms with E-state index < -0.39 is 0 Å². The molecule has 0 radical (unpaired) electrons. The largest absolute Gasteiger partial charge is 0.377 e. The first-order valence-corrected chi connectivity index (χ1v) is 8.08. The number of carbonyl (C=O) groups excluding carboxylic acids is 2. The third kappa shape index (κ3) is 4.19. The van der Waals surface area contributed by atoms with Crippen molar-refractivity contribution in [3.8, 4) is 0 Å². The minimum Gasteiger partial charge on any atom is -0.377 e. The van der Waals surface area contributed by atoms with Gasteiger partial charge in [-0.1, -0.05) is 0 Å². The van der Waals surface area contributed by atoms with E-state index in [1.54, 1.807) is 24.3 Å². The Bertz CT molecular complexity index is 693. The van der Waals surface area contributed by atoms with Crippen LogP contribution < -0.4 is 10.6 Å². The van der Waals surface area contributed by atoms with Gasteiger partial charge in [0.2, 0.25) is 0 Å². The lowest BCUT2D eigenvalue weighted by molar-refractivity contribution is 0.0896. The molecule has 1 aliphatic heterocycles. The summed E-state index contributed by atoms with van der Waals surface area (Å²) in [6, 6.07) is 6.42. The van der Waals surface area contributed by atoms with Crippen molar-refractivity contribution in [2.24, 2.45) is 0 Å². The lowest BCUT2D eigenvalue weighted by atomic mass is 10.1. The Morgan fingerprint density at radius 1 is 0.880 bits per heavy atom.